The van der Waals surface area contributed by atoms with Gasteiger partial charge in [0.05, 0.1) is 23.5 Å². The van der Waals surface area contributed by atoms with Crippen LogP contribution in [0.4, 0.5) is 0 Å². The highest BCUT2D eigenvalue weighted by Crippen LogP contribution is 2.24. The largest absolute Gasteiger partial charge is 0.349 e. The highest BCUT2D eigenvalue weighted by molar-refractivity contribution is 7.91. The number of nitrogens with one attached hydrogen (secondary N) is 1. The normalized spacial score (nSPS) is 22.9. The summed E-state index contributed by atoms with van der Waals surface area (Å²) in [4.78, 5) is 12.0. The van der Waals surface area contributed by atoms with Gasteiger partial charge in [-0.2, -0.15) is 0 Å². The van der Waals surface area contributed by atoms with Gasteiger partial charge in [0.15, 0.2) is 9.84 Å². The minimum Gasteiger partial charge on any atom is -0.349 e. The van der Waals surface area contributed by atoms with Crippen LogP contribution in [0.15, 0.2) is 24.3 Å². The van der Waals surface area contributed by atoms with Gasteiger partial charge < -0.3 is 5.32 Å². The quantitative estimate of drug-likeness (QED) is 0.928. The summed E-state index contributed by atoms with van der Waals surface area (Å²) in [6.45, 7) is 1.84. The molecule has 1 aromatic rings. The van der Waals surface area contributed by atoms with E-state index in [0.29, 0.717) is 11.4 Å². The van der Waals surface area contributed by atoms with E-state index < -0.39 is 15.8 Å². The average molecular weight is 302 g/mol. The van der Waals surface area contributed by atoms with Gasteiger partial charge in [-0.15, -0.1) is 0 Å². The molecule has 1 fully saturated rings. The van der Waals surface area contributed by atoms with Gasteiger partial charge in [-0.05, 0) is 25.0 Å². The van der Waals surface area contributed by atoms with E-state index >= 15 is 0 Å². The lowest BCUT2D eigenvalue weighted by Crippen LogP contribution is -2.33. The van der Waals surface area contributed by atoms with Crippen LogP contribution >= 0.6 is 11.6 Å². The molecule has 1 amide bonds. The van der Waals surface area contributed by atoms with Crippen LogP contribution in [0, 0.1) is 5.92 Å². The average Bonchev–Trinajstić information content (AvgIpc) is 2.70. The van der Waals surface area contributed by atoms with E-state index in [4.69, 9.17) is 11.6 Å². The number of rotatable bonds is 3. The zero-order chi connectivity index (χ0) is 14.0. The van der Waals surface area contributed by atoms with Gasteiger partial charge in [-0.25, -0.2) is 8.42 Å². The highest BCUT2D eigenvalue weighted by atomic mass is 35.5. The Morgan fingerprint density at radius 2 is 2.11 bits per heavy atom. The molecule has 0 aromatic heterocycles. The first-order valence-electron chi connectivity index (χ1n) is 6.14. The summed E-state index contributed by atoms with van der Waals surface area (Å²) in [5.41, 5.74) is 0.832. The van der Waals surface area contributed by atoms with Gasteiger partial charge in [-0.1, -0.05) is 29.8 Å². The van der Waals surface area contributed by atoms with Crippen LogP contribution in [0.1, 0.15) is 24.9 Å². The van der Waals surface area contributed by atoms with Crippen LogP contribution in [0.3, 0.4) is 0 Å². The molecule has 19 heavy (non-hydrogen) atoms. The molecule has 2 atom stereocenters. The first-order chi connectivity index (χ1) is 8.89. The van der Waals surface area contributed by atoms with E-state index in [1.807, 2.05) is 25.1 Å². The van der Waals surface area contributed by atoms with Crippen molar-refractivity contribution in [1.82, 2.24) is 5.32 Å². The molecule has 1 aromatic carbocycles. The Bertz CT molecular complexity index is 585. The van der Waals surface area contributed by atoms with Gasteiger partial charge in [0, 0.05) is 5.02 Å². The highest BCUT2D eigenvalue weighted by Gasteiger charge is 2.33. The smallest absolute Gasteiger partial charge is 0.224 e. The van der Waals surface area contributed by atoms with Crippen molar-refractivity contribution in [2.24, 2.45) is 5.92 Å². The third kappa shape index (κ3) is 3.48. The van der Waals surface area contributed by atoms with Gasteiger partial charge in [-0.3, -0.25) is 4.79 Å². The number of hydrogen-bond donors (Lipinski definition) is 1. The SMILES string of the molecule is CC(NC(=O)C1CCS(=O)(=O)C1)c1ccccc1Cl. The van der Waals surface area contributed by atoms with Crippen molar-refractivity contribution in [3.05, 3.63) is 34.9 Å². The minimum absolute atomic E-state index is 0.0475. The lowest BCUT2D eigenvalue weighted by molar-refractivity contribution is -0.124. The summed E-state index contributed by atoms with van der Waals surface area (Å²) < 4.78 is 22.7. The molecule has 2 rings (SSSR count). The third-order valence-electron chi connectivity index (χ3n) is 3.33. The monoisotopic (exact) mass is 301 g/mol. The van der Waals surface area contributed by atoms with Crippen molar-refractivity contribution in [3.63, 3.8) is 0 Å². The second kappa shape index (κ2) is 5.51. The number of halogens is 1. The van der Waals surface area contributed by atoms with E-state index in [2.05, 4.69) is 5.32 Å². The van der Waals surface area contributed by atoms with Crippen molar-refractivity contribution in [1.29, 1.82) is 0 Å². The Morgan fingerprint density at radius 1 is 1.42 bits per heavy atom. The predicted molar refractivity (Wildman–Crippen MR) is 74.8 cm³/mol. The van der Waals surface area contributed by atoms with Crippen molar-refractivity contribution in [2.75, 3.05) is 11.5 Å². The first-order valence-corrected chi connectivity index (χ1v) is 8.34. The molecule has 104 valence electrons. The molecule has 0 saturated carbocycles. The zero-order valence-electron chi connectivity index (χ0n) is 10.6. The molecular formula is C13H16ClNO3S. The molecule has 0 spiro atoms. The van der Waals surface area contributed by atoms with Gasteiger partial charge in [0.1, 0.15) is 0 Å². The van der Waals surface area contributed by atoms with E-state index in [9.17, 15) is 13.2 Å². The molecule has 1 aliphatic heterocycles. The predicted octanol–water partition coefficient (Wildman–Crippen LogP) is 1.95. The molecule has 1 aliphatic rings. The maximum absolute atomic E-state index is 12.0. The number of sulfone groups is 1. The van der Waals surface area contributed by atoms with Gasteiger partial charge in [0.25, 0.3) is 0 Å². The number of carbonyl (C=O) groups is 1. The van der Waals surface area contributed by atoms with Crippen LogP contribution in [0.5, 0.6) is 0 Å². The molecule has 1 heterocycles. The van der Waals surface area contributed by atoms with Crippen LogP contribution in [-0.4, -0.2) is 25.8 Å². The summed E-state index contributed by atoms with van der Waals surface area (Å²) in [5.74, 6) is -0.594. The van der Waals surface area contributed by atoms with Crippen LogP contribution < -0.4 is 5.32 Å². The summed E-state index contributed by atoms with van der Waals surface area (Å²) in [6, 6.07) is 7.05. The number of amides is 1. The third-order valence-corrected chi connectivity index (χ3v) is 5.45. The summed E-state index contributed by atoms with van der Waals surface area (Å²) in [6.07, 6.45) is 0.406. The summed E-state index contributed by atoms with van der Waals surface area (Å²) in [7, 11) is -3.04. The second-order valence-corrected chi connectivity index (χ2v) is 7.49. The van der Waals surface area contributed by atoms with Crippen molar-refractivity contribution < 1.29 is 13.2 Å². The number of hydrogen-bond acceptors (Lipinski definition) is 3. The van der Waals surface area contributed by atoms with Crippen molar-refractivity contribution in [2.45, 2.75) is 19.4 Å². The second-order valence-electron chi connectivity index (χ2n) is 4.85. The first kappa shape index (κ1) is 14.3. The van der Waals surface area contributed by atoms with Gasteiger partial charge >= 0.3 is 0 Å². The lowest BCUT2D eigenvalue weighted by atomic mass is 10.1. The van der Waals surface area contributed by atoms with E-state index in [0.717, 1.165) is 5.56 Å². The fraction of sp³-hybridized carbons (Fsp3) is 0.462. The topological polar surface area (TPSA) is 63.2 Å². The van der Waals surface area contributed by atoms with E-state index in [1.54, 1.807) is 6.07 Å². The molecule has 0 radical (unpaired) electrons. The molecule has 0 aliphatic carbocycles. The van der Waals surface area contributed by atoms with Gasteiger partial charge in [0.2, 0.25) is 5.91 Å². The van der Waals surface area contributed by atoms with Crippen LogP contribution in [-0.2, 0) is 14.6 Å². The standard InChI is InChI=1S/C13H16ClNO3S/c1-9(11-4-2-3-5-12(11)14)15-13(16)10-6-7-19(17,18)8-10/h2-5,9-10H,6-8H2,1H3,(H,15,16). The Balaban J connectivity index is 2.02. The Hall–Kier alpha value is -1.07. The number of carbonyl (C=O) groups excluding carboxylic acids is 1. The van der Waals surface area contributed by atoms with Crippen LogP contribution in [0.2, 0.25) is 5.02 Å². The lowest BCUT2D eigenvalue weighted by Gasteiger charge is -2.17. The summed E-state index contributed by atoms with van der Waals surface area (Å²) in [5, 5.41) is 3.42. The molecule has 1 N–H and O–H groups in total. The fourth-order valence-corrected chi connectivity index (χ4v) is 4.28. The van der Waals surface area contributed by atoms with Crippen molar-refractivity contribution in [3.8, 4) is 0 Å². The molecular weight excluding hydrogens is 286 g/mol. The Labute approximate surface area is 118 Å². The van der Waals surface area contributed by atoms with Crippen molar-refractivity contribution >= 4 is 27.3 Å². The van der Waals surface area contributed by atoms with E-state index in [1.165, 1.54) is 0 Å². The van der Waals surface area contributed by atoms with E-state index in [-0.39, 0.29) is 23.5 Å². The molecule has 2 unspecified atom stereocenters. The Morgan fingerprint density at radius 3 is 2.68 bits per heavy atom. The minimum atomic E-state index is -3.04. The maximum Gasteiger partial charge on any atom is 0.224 e. The molecule has 1 saturated heterocycles. The molecule has 0 bridgehead atoms. The number of benzene rings is 1. The summed E-state index contributed by atoms with van der Waals surface area (Å²) >= 11 is 6.06. The fourth-order valence-electron chi connectivity index (χ4n) is 2.24. The molecule has 4 nitrogen and oxygen atoms in total. The van der Waals surface area contributed by atoms with Crippen LogP contribution in [0.25, 0.3) is 0 Å². The molecule has 6 heteroatoms. The zero-order valence-corrected chi connectivity index (χ0v) is 12.2. The Kier molecular flexibility index (Phi) is 4.16. The maximum atomic E-state index is 12.0.